The summed E-state index contributed by atoms with van der Waals surface area (Å²) in [7, 11) is 0. The van der Waals surface area contributed by atoms with Crippen LogP contribution >= 0.6 is 0 Å². The Labute approximate surface area is 114 Å². The average molecular weight is 272 g/mol. The van der Waals surface area contributed by atoms with Crippen LogP contribution in [0.5, 0.6) is 0 Å². The van der Waals surface area contributed by atoms with E-state index in [2.05, 4.69) is 13.5 Å². The zero-order valence-electron chi connectivity index (χ0n) is 11.9. The molecule has 0 aromatic heterocycles. The molecule has 0 N–H and O–H groups in total. The second-order valence-corrected chi connectivity index (χ2v) is 4.72. The maximum Gasteiger partial charge on any atom is 0.333 e. The lowest BCUT2D eigenvalue weighted by Crippen LogP contribution is -2.09. The first kappa shape index (κ1) is 16.1. The Hall–Kier alpha value is -0.910. The van der Waals surface area contributed by atoms with E-state index < -0.39 is 0 Å². The van der Waals surface area contributed by atoms with E-state index in [0.29, 0.717) is 24.9 Å². The lowest BCUT2D eigenvalue weighted by atomic mass is 10.4. The Morgan fingerprint density at radius 3 is 2.32 bits per heavy atom. The van der Waals surface area contributed by atoms with Crippen LogP contribution in [0.2, 0.25) is 0 Å². The monoisotopic (exact) mass is 272 g/mol. The van der Waals surface area contributed by atoms with Crippen LogP contribution in [-0.2, 0) is 23.7 Å². The predicted molar refractivity (Wildman–Crippen MR) is 71.0 cm³/mol. The number of carbonyl (C=O) groups is 1. The highest BCUT2D eigenvalue weighted by Gasteiger charge is 2.24. The summed E-state index contributed by atoms with van der Waals surface area (Å²) >= 11 is 0. The van der Waals surface area contributed by atoms with Crippen molar-refractivity contribution in [1.82, 2.24) is 0 Å². The molecular formula is C14H24O5. The van der Waals surface area contributed by atoms with E-state index in [0.717, 1.165) is 19.8 Å². The van der Waals surface area contributed by atoms with Gasteiger partial charge in [0.2, 0.25) is 0 Å². The molecule has 0 aliphatic carbocycles. The largest absolute Gasteiger partial charge is 0.459 e. The molecule has 0 bridgehead atoms. The topological polar surface area (TPSA) is 60.6 Å². The third-order valence-electron chi connectivity index (χ3n) is 2.50. The zero-order chi connectivity index (χ0) is 14.1. The smallest absolute Gasteiger partial charge is 0.333 e. The van der Waals surface area contributed by atoms with Crippen LogP contribution in [0.1, 0.15) is 26.7 Å². The minimum absolute atomic E-state index is 0.142. The molecule has 0 aromatic carbocycles. The van der Waals surface area contributed by atoms with Gasteiger partial charge in [-0.15, -0.1) is 0 Å². The summed E-state index contributed by atoms with van der Waals surface area (Å²) in [6.07, 6.45) is 2.96. The van der Waals surface area contributed by atoms with E-state index in [4.69, 9.17) is 18.9 Å². The van der Waals surface area contributed by atoms with Crippen molar-refractivity contribution in [2.75, 3.05) is 33.0 Å². The first-order chi connectivity index (χ1) is 9.13. The van der Waals surface area contributed by atoms with E-state index in [9.17, 15) is 4.79 Å². The average Bonchev–Trinajstić information content (AvgIpc) is 3.27. The van der Waals surface area contributed by atoms with Crippen molar-refractivity contribution in [3.63, 3.8) is 0 Å². The van der Waals surface area contributed by atoms with Gasteiger partial charge in [0.15, 0.2) is 0 Å². The minimum atomic E-state index is -0.337. The van der Waals surface area contributed by atoms with Crippen LogP contribution < -0.4 is 0 Å². The van der Waals surface area contributed by atoms with Crippen molar-refractivity contribution in [2.45, 2.75) is 38.9 Å². The Balaban J connectivity index is 0.000000191. The highest BCUT2D eigenvalue weighted by Crippen LogP contribution is 2.09. The Morgan fingerprint density at radius 1 is 1.26 bits per heavy atom. The lowest BCUT2D eigenvalue weighted by molar-refractivity contribution is -0.139. The number of hydrogen-bond donors (Lipinski definition) is 0. The lowest BCUT2D eigenvalue weighted by Gasteiger charge is -1.99. The molecule has 0 radical (unpaired) electrons. The molecule has 2 heterocycles. The molecule has 2 aliphatic rings. The fraction of sp³-hybridized carbons (Fsp3) is 0.786. The molecule has 19 heavy (non-hydrogen) atoms. The summed E-state index contributed by atoms with van der Waals surface area (Å²) in [6, 6.07) is 0. The Kier molecular flexibility index (Phi) is 7.70. The summed E-state index contributed by atoms with van der Waals surface area (Å²) < 4.78 is 19.8. The maximum absolute atomic E-state index is 10.7. The van der Waals surface area contributed by atoms with Crippen LogP contribution in [0.25, 0.3) is 0 Å². The highest BCUT2D eigenvalue weighted by molar-refractivity contribution is 5.86. The number of rotatable bonds is 8. The van der Waals surface area contributed by atoms with E-state index in [-0.39, 0.29) is 12.1 Å². The van der Waals surface area contributed by atoms with Gasteiger partial charge in [0, 0.05) is 12.2 Å². The van der Waals surface area contributed by atoms with Gasteiger partial charge in [-0.05, 0) is 13.3 Å². The molecule has 0 aromatic rings. The fourth-order valence-corrected chi connectivity index (χ4v) is 1.08. The molecule has 0 amide bonds. The SMILES string of the molecule is C=C(C)C(=O)OCC1CO1.CCCCOCC1CO1. The van der Waals surface area contributed by atoms with Crippen molar-refractivity contribution in [3.8, 4) is 0 Å². The summed E-state index contributed by atoms with van der Waals surface area (Å²) in [5.74, 6) is -0.337. The molecule has 5 nitrogen and oxygen atoms in total. The van der Waals surface area contributed by atoms with Crippen LogP contribution in [0.4, 0.5) is 0 Å². The molecule has 2 saturated heterocycles. The molecule has 110 valence electrons. The molecule has 5 heteroatoms. The number of esters is 1. The van der Waals surface area contributed by atoms with Crippen molar-refractivity contribution in [1.29, 1.82) is 0 Å². The third kappa shape index (κ3) is 9.64. The van der Waals surface area contributed by atoms with Gasteiger partial charge in [-0.1, -0.05) is 19.9 Å². The summed E-state index contributed by atoms with van der Waals surface area (Å²) in [5, 5.41) is 0. The van der Waals surface area contributed by atoms with Gasteiger partial charge >= 0.3 is 5.97 Å². The Morgan fingerprint density at radius 2 is 1.84 bits per heavy atom. The highest BCUT2D eigenvalue weighted by atomic mass is 16.6. The van der Waals surface area contributed by atoms with Gasteiger partial charge in [0.1, 0.15) is 18.8 Å². The maximum atomic E-state index is 10.7. The first-order valence-electron chi connectivity index (χ1n) is 6.77. The van der Waals surface area contributed by atoms with Gasteiger partial charge in [0.05, 0.1) is 19.8 Å². The van der Waals surface area contributed by atoms with Crippen molar-refractivity contribution in [3.05, 3.63) is 12.2 Å². The van der Waals surface area contributed by atoms with Gasteiger partial charge in [-0.3, -0.25) is 0 Å². The summed E-state index contributed by atoms with van der Waals surface area (Å²) in [5.41, 5.74) is 0.431. The van der Waals surface area contributed by atoms with Gasteiger partial charge in [-0.25, -0.2) is 4.79 Å². The molecule has 0 saturated carbocycles. The molecule has 2 rings (SSSR count). The van der Waals surface area contributed by atoms with Gasteiger partial charge in [-0.2, -0.15) is 0 Å². The molecule has 2 aliphatic heterocycles. The number of carbonyl (C=O) groups excluding carboxylic acids is 1. The quantitative estimate of drug-likeness (QED) is 0.291. The van der Waals surface area contributed by atoms with Crippen molar-refractivity contribution in [2.24, 2.45) is 0 Å². The fourth-order valence-electron chi connectivity index (χ4n) is 1.08. The van der Waals surface area contributed by atoms with E-state index in [1.165, 1.54) is 12.8 Å². The molecule has 2 atom stereocenters. The third-order valence-corrected chi connectivity index (χ3v) is 2.50. The van der Waals surface area contributed by atoms with E-state index in [1.54, 1.807) is 6.92 Å². The predicted octanol–water partition coefficient (Wildman–Crippen LogP) is 1.71. The van der Waals surface area contributed by atoms with E-state index >= 15 is 0 Å². The first-order valence-corrected chi connectivity index (χ1v) is 6.77. The Bertz CT molecular complexity index is 282. The standard InChI is InChI=1S/C7H10O3.C7H14O2/c1-5(2)7(8)10-4-6-3-9-6;1-2-3-4-8-5-7-6-9-7/h6H,1,3-4H2,2H3;7H,2-6H2,1H3. The second kappa shape index (κ2) is 9.07. The number of unbranched alkanes of at least 4 members (excludes halogenated alkanes) is 1. The van der Waals surface area contributed by atoms with Crippen LogP contribution in [0.15, 0.2) is 12.2 Å². The van der Waals surface area contributed by atoms with Crippen LogP contribution in [0, 0.1) is 0 Å². The normalized spacial score (nSPS) is 23.1. The van der Waals surface area contributed by atoms with E-state index in [1.807, 2.05) is 0 Å². The van der Waals surface area contributed by atoms with Crippen LogP contribution in [-0.4, -0.2) is 51.2 Å². The molecular weight excluding hydrogens is 248 g/mol. The van der Waals surface area contributed by atoms with Gasteiger partial charge in [0.25, 0.3) is 0 Å². The number of epoxide rings is 2. The molecule has 0 spiro atoms. The number of ether oxygens (including phenoxy) is 4. The number of hydrogen-bond acceptors (Lipinski definition) is 5. The van der Waals surface area contributed by atoms with Crippen molar-refractivity contribution >= 4 is 5.97 Å². The second-order valence-electron chi connectivity index (χ2n) is 4.72. The molecule has 2 fully saturated rings. The van der Waals surface area contributed by atoms with Crippen LogP contribution in [0.3, 0.4) is 0 Å². The zero-order valence-corrected chi connectivity index (χ0v) is 11.9. The summed E-state index contributed by atoms with van der Waals surface area (Å²) in [6.45, 7) is 10.9. The minimum Gasteiger partial charge on any atom is -0.459 e. The molecule has 2 unspecified atom stereocenters. The van der Waals surface area contributed by atoms with Gasteiger partial charge < -0.3 is 18.9 Å². The van der Waals surface area contributed by atoms with Crippen molar-refractivity contribution < 1.29 is 23.7 Å². The summed E-state index contributed by atoms with van der Waals surface area (Å²) in [4.78, 5) is 10.7.